The minimum atomic E-state index is -0.483. The molecule has 0 spiro atoms. The fourth-order valence-electron chi connectivity index (χ4n) is 3.31. The van der Waals surface area contributed by atoms with Crippen molar-refractivity contribution in [1.82, 2.24) is 24.5 Å². The average molecular weight is 410 g/mol. The van der Waals surface area contributed by atoms with Crippen molar-refractivity contribution in [2.24, 2.45) is 0 Å². The Bertz CT molecular complexity index is 1100. The van der Waals surface area contributed by atoms with Crippen LogP contribution in [0.4, 0.5) is 10.6 Å². The Kier molecular flexibility index (Phi) is 5.21. The first-order valence-corrected chi connectivity index (χ1v) is 9.57. The molecular weight excluding hydrogens is 388 g/mol. The Morgan fingerprint density at radius 2 is 2.03 bits per heavy atom. The quantitative estimate of drug-likeness (QED) is 0.648. The molecule has 3 aromatic heterocycles. The molecule has 0 atom stereocenters. The average Bonchev–Trinajstić information content (AvgIpc) is 3.16. The van der Waals surface area contributed by atoms with Gasteiger partial charge in [-0.05, 0) is 32.0 Å². The van der Waals surface area contributed by atoms with Crippen molar-refractivity contribution in [2.45, 2.75) is 20.0 Å². The number of methoxy groups -OCH3 is 1. The van der Waals surface area contributed by atoms with Gasteiger partial charge in [0.25, 0.3) is 0 Å². The van der Waals surface area contributed by atoms with Crippen LogP contribution in [0.5, 0.6) is 5.88 Å². The van der Waals surface area contributed by atoms with Gasteiger partial charge >= 0.3 is 6.09 Å². The van der Waals surface area contributed by atoms with Crippen LogP contribution >= 0.6 is 0 Å². The van der Waals surface area contributed by atoms with E-state index in [1.807, 2.05) is 12.1 Å². The second kappa shape index (κ2) is 7.97. The standard InChI is InChI=1S/C20H22N6O4/c1-13(2)30-20(28)24-9-10-25(17(27)12-24)16-6-8-26-18(23-16)15(11-22-26)14-5-4-7-21-19(14)29-3/h4-8,11,13H,9-10,12H2,1-3H3. The van der Waals surface area contributed by atoms with Gasteiger partial charge in [-0.1, -0.05) is 0 Å². The van der Waals surface area contributed by atoms with Gasteiger partial charge in [0.05, 0.1) is 25.0 Å². The van der Waals surface area contributed by atoms with Crippen LogP contribution in [-0.4, -0.2) is 69.3 Å². The van der Waals surface area contributed by atoms with Crippen molar-refractivity contribution >= 4 is 23.5 Å². The van der Waals surface area contributed by atoms with E-state index in [0.717, 1.165) is 11.1 Å². The lowest BCUT2D eigenvalue weighted by Gasteiger charge is -2.33. The summed E-state index contributed by atoms with van der Waals surface area (Å²) in [6.07, 6.45) is 4.36. The number of fused-ring (bicyclic) bond motifs is 1. The van der Waals surface area contributed by atoms with E-state index in [-0.39, 0.29) is 18.6 Å². The van der Waals surface area contributed by atoms with E-state index in [1.165, 1.54) is 4.90 Å². The van der Waals surface area contributed by atoms with Gasteiger partial charge in [-0.3, -0.25) is 14.6 Å². The Labute approximate surface area is 173 Å². The number of carbonyl (C=O) groups excluding carboxylic acids is 2. The molecule has 1 fully saturated rings. The van der Waals surface area contributed by atoms with Crippen LogP contribution in [-0.2, 0) is 9.53 Å². The molecule has 4 rings (SSSR count). The van der Waals surface area contributed by atoms with Crippen molar-refractivity contribution < 1.29 is 19.1 Å². The molecule has 0 bridgehead atoms. The highest BCUT2D eigenvalue weighted by Gasteiger charge is 2.30. The number of anilines is 1. The van der Waals surface area contributed by atoms with E-state index in [0.29, 0.717) is 30.4 Å². The SMILES string of the molecule is COc1ncccc1-c1cnn2ccc(N3CCN(C(=O)OC(C)C)CC3=O)nc12. The summed E-state index contributed by atoms with van der Waals surface area (Å²) in [5.74, 6) is 0.737. The molecule has 1 saturated heterocycles. The van der Waals surface area contributed by atoms with Crippen LogP contribution in [0.15, 0.2) is 36.8 Å². The molecule has 0 unspecified atom stereocenters. The maximum Gasteiger partial charge on any atom is 0.410 e. The zero-order valence-corrected chi connectivity index (χ0v) is 17.0. The highest BCUT2D eigenvalue weighted by Crippen LogP contribution is 2.31. The third-order valence-electron chi connectivity index (χ3n) is 4.70. The van der Waals surface area contributed by atoms with Crippen molar-refractivity contribution in [2.75, 3.05) is 31.6 Å². The first kappa shape index (κ1) is 19.6. The molecule has 0 aliphatic carbocycles. The zero-order chi connectivity index (χ0) is 21.3. The van der Waals surface area contributed by atoms with Gasteiger partial charge < -0.3 is 9.47 Å². The Morgan fingerprint density at radius 1 is 1.20 bits per heavy atom. The second-order valence-corrected chi connectivity index (χ2v) is 7.07. The van der Waals surface area contributed by atoms with Gasteiger partial charge in [0.2, 0.25) is 11.8 Å². The second-order valence-electron chi connectivity index (χ2n) is 7.07. The first-order chi connectivity index (χ1) is 14.5. The number of aromatic nitrogens is 4. The summed E-state index contributed by atoms with van der Waals surface area (Å²) < 4.78 is 12.2. The van der Waals surface area contributed by atoms with E-state index < -0.39 is 6.09 Å². The number of ether oxygens (including phenoxy) is 2. The summed E-state index contributed by atoms with van der Waals surface area (Å²) in [5.41, 5.74) is 2.08. The fraction of sp³-hybridized carbons (Fsp3) is 0.350. The van der Waals surface area contributed by atoms with Gasteiger partial charge in [-0.2, -0.15) is 5.10 Å². The smallest absolute Gasteiger partial charge is 0.410 e. The van der Waals surface area contributed by atoms with Crippen LogP contribution < -0.4 is 9.64 Å². The number of carbonyl (C=O) groups is 2. The zero-order valence-electron chi connectivity index (χ0n) is 17.0. The highest BCUT2D eigenvalue weighted by molar-refractivity contribution is 5.97. The van der Waals surface area contributed by atoms with Gasteiger partial charge in [-0.15, -0.1) is 0 Å². The van der Waals surface area contributed by atoms with Crippen LogP contribution in [0.2, 0.25) is 0 Å². The third kappa shape index (κ3) is 3.63. The Hall–Kier alpha value is -3.69. The Balaban J connectivity index is 1.62. The van der Waals surface area contributed by atoms with Gasteiger partial charge in [0.1, 0.15) is 12.4 Å². The van der Waals surface area contributed by atoms with Crippen LogP contribution in [0.3, 0.4) is 0 Å². The number of pyridine rings is 1. The van der Waals surface area contributed by atoms with Crippen molar-refractivity contribution in [3.63, 3.8) is 0 Å². The number of hydrogen-bond donors (Lipinski definition) is 0. The summed E-state index contributed by atoms with van der Waals surface area (Å²) in [4.78, 5) is 36.7. The molecule has 3 aromatic rings. The normalized spacial score (nSPS) is 14.5. The molecule has 0 N–H and O–H groups in total. The van der Waals surface area contributed by atoms with E-state index in [4.69, 9.17) is 9.47 Å². The molecule has 2 amide bonds. The molecule has 10 nitrogen and oxygen atoms in total. The highest BCUT2D eigenvalue weighted by atomic mass is 16.6. The molecule has 0 radical (unpaired) electrons. The van der Waals surface area contributed by atoms with Crippen molar-refractivity contribution in [3.8, 4) is 17.0 Å². The number of nitrogens with zero attached hydrogens (tertiary/aromatic N) is 6. The summed E-state index contributed by atoms with van der Waals surface area (Å²) in [6.45, 7) is 4.19. The number of piperazine rings is 1. The van der Waals surface area contributed by atoms with Crippen molar-refractivity contribution in [1.29, 1.82) is 0 Å². The monoisotopic (exact) mass is 410 g/mol. The number of rotatable bonds is 4. The third-order valence-corrected chi connectivity index (χ3v) is 4.70. The first-order valence-electron chi connectivity index (χ1n) is 9.57. The molecule has 0 aromatic carbocycles. The summed E-state index contributed by atoms with van der Waals surface area (Å²) in [7, 11) is 1.55. The molecule has 1 aliphatic heterocycles. The van der Waals surface area contributed by atoms with E-state index >= 15 is 0 Å². The molecular formula is C20H22N6O4. The minimum absolute atomic E-state index is 0.0546. The summed E-state index contributed by atoms with van der Waals surface area (Å²) >= 11 is 0. The summed E-state index contributed by atoms with van der Waals surface area (Å²) in [5, 5.41) is 4.34. The maximum absolute atomic E-state index is 12.7. The van der Waals surface area contributed by atoms with Crippen LogP contribution in [0.1, 0.15) is 13.8 Å². The number of amides is 2. The maximum atomic E-state index is 12.7. The molecule has 10 heteroatoms. The topological polar surface area (TPSA) is 102 Å². The van der Waals surface area contributed by atoms with Gasteiger partial charge in [0.15, 0.2) is 5.65 Å². The molecule has 30 heavy (non-hydrogen) atoms. The Morgan fingerprint density at radius 3 is 2.77 bits per heavy atom. The lowest BCUT2D eigenvalue weighted by Crippen LogP contribution is -2.53. The van der Waals surface area contributed by atoms with E-state index in [2.05, 4.69) is 15.1 Å². The molecule has 156 valence electrons. The van der Waals surface area contributed by atoms with Gasteiger partial charge in [0, 0.05) is 31.0 Å². The molecule has 1 aliphatic rings. The lowest BCUT2D eigenvalue weighted by molar-refractivity contribution is -0.121. The van der Waals surface area contributed by atoms with Crippen molar-refractivity contribution in [3.05, 3.63) is 36.8 Å². The molecule has 4 heterocycles. The van der Waals surface area contributed by atoms with Crippen LogP contribution in [0.25, 0.3) is 16.8 Å². The predicted octanol–water partition coefficient (Wildman–Crippen LogP) is 1.99. The van der Waals surface area contributed by atoms with E-state index in [1.54, 1.807) is 55.0 Å². The largest absolute Gasteiger partial charge is 0.481 e. The van der Waals surface area contributed by atoms with E-state index in [9.17, 15) is 9.59 Å². The number of hydrogen-bond acceptors (Lipinski definition) is 7. The molecule has 0 saturated carbocycles. The summed E-state index contributed by atoms with van der Waals surface area (Å²) in [6, 6.07) is 5.41. The predicted molar refractivity (Wildman–Crippen MR) is 108 cm³/mol. The fourth-order valence-corrected chi connectivity index (χ4v) is 3.31. The minimum Gasteiger partial charge on any atom is -0.481 e. The van der Waals surface area contributed by atoms with Crippen LogP contribution in [0, 0.1) is 0 Å². The lowest BCUT2D eigenvalue weighted by atomic mass is 10.1. The van der Waals surface area contributed by atoms with Gasteiger partial charge in [-0.25, -0.2) is 19.3 Å².